The molecule has 1 aliphatic heterocycles. The first-order valence-corrected chi connectivity index (χ1v) is 11.3. The van der Waals surface area contributed by atoms with E-state index in [-0.39, 0.29) is 16.9 Å². The van der Waals surface area contributed by atoms with E-state index >= 15 is 0 Å². The molecule has 32 heavy (non-hydrogen) atoms. The highest BCUT2D eigenvalue weighted by molar-refractivity contribution is 9.10. The van der Waals surface area contributed by atoms with Gasteiger partial charge in [0.2, 0.25) is 0 Å². The summed E-state index contributed by atoms with van der Waals surface area (Å²) in [5, 5.41) is 5.94. The summed E-state index contributed by atoms with van der Waals surface area (Å²) in [6.07, 6.45) is 1.51. The second-order valence-electron chi connectivity index (χ2n) is 7.22. The summed E-state index contributed by atoms with van der Waals surface area (Å²) in [5.74, 6) is 0.0264. The van der Waals surface area contributed by atoms with E-state index < -0.39 is 0 Å². The van der Waals surface area contributed by atoms with Gasteiger partial charge < -0.3 is 19.5 Å². The molecule has 164 valence electrons. The van der Waals surface area contributed by atoms with Crippen LogP contribution in [0, 0.1) is 0 Å². The van der Waals surface area contributed by atoms with Gasteiger partial charge >= 0.3 is 0 Å². The summed E-state index contributed by atoms with van der Waals surface area (Å²) >= 11 is 8.61. The van der Waals surface area contributed by atoms with Crippen LogP contribution in [0.15, 0.2) is 75.8 Å². The predicted octanol–water partition coefficient (Wildman–Crippen LogP) is 4.13. The zero-order valence-corrected chi connectivity index (χ0v) is 19.5. The average Bonchev–Trinajstić information content (AvgIpc) is 3.34. The maximum Gasteiger partial charge on any atom is 0.289 e. The standard InChI is InChI=1S/C23H21BrN4O3S/c24-17-5-3-16(4-6-17)21(29)26-23(32)25-18-7-9-19(10-8-18)27-11-13-28(14-12-27)22(30)20-2-1-15-31-20/h1-10,15H,11-14H2,(H2,25,26,29,32). The number of piperazine rings is 1. The molecule has 2 heterocycles. The van der Waals surface area contributed by atoms with Crippen LogP contribution < -0.4 is 15.5 Å². The number of furan rings is 1. The van der Waals surface area contributed by atoms with Gasteiger partial charge in [-0.15, -0.1) is 0 Å². The van der Waals surface area contributed by atoms with E-state index in [1.165, 1.54) is 6.26 Å². The number of carbonyl (C=O) groups is 2. The predicted molar refractivity (Wildman–Crippen MR) is 131 cm³/mol. The topological polar surface area (TPSA) is 77.8 Å². The van der Waals surface area contributed by atoms with Gasteiger partial charge in [0, 0.05) is 47.6 Å². The molecule has 2 amide bonds. The highest BCUT2D eigenvalue weighted by Gasteiger charge is 2.23. The smallest absolute Gasteiger partial charge is 0.289 e. The quantitative estimate of drug-likeness (QED) is 0.511. The van der Waals surface area contributed by atoms with Crippen LogP contribution in [0.2, 0.25) is 0 Å². The van der Waals surface area contributed by atoms with E-state index in [0.717, 1.165) is 28.9 Å². The molecule has 7 nitrogen and oxygen atoms in total. The molecule has 0 radical (unpaired) electrons. The van der Waals surface area contributed by atoms with E-state index in [9.17, 15) is 9.59 Å². The first-order chi connectivity index (χ1) is 15.5. The third-order valence-electron chi connectivity index (χ3n) is 5.12. The number of halogens is 1. The molecule has 0 spiro atoms. The number of hydrogen-bond acceptors (Lipinski definition) is 5. The number of anilines is 2. The Labute approximate surface area is 199 Å². The summed E-state index contributed by atoms with van der Waals surface area (Å²) in [7, 11) is 0. The first kappa shape index (κ1) is 22.0. The lowest BCUT2D eigenvalue weighted by atomic mass is 10.2. The number of benzene rings is 2. The molecule has 0 aliphatic carbocycles. The highest BCUT2D eigenvalue weighted by atomic mass is 79.9. The Morgan fingerprint density at radius 3 is 2.25 bits per heavy atom. The Morgan fingerprint density at radius 1 is 0.938 bits per heavy atom. The van der Waals surface area contributed by atoms with Crippen molar-refractivity contribution in [3.63, 3.8) is 0 Å². The van der Waals surface area contributed by atoms with Crippen molar-refractivity contribution in [3.05, 3.63) is 82.7 Å². The van der Waals surface area contributed by atoms with Gasteiger partial charge in [-0.2, -0.15) is 0 Å². The Bertz CT molecular complexity index is 1090. The van der Waals surface area contributed by atoms with Gasteiger partial charge in [-0.05, 0) is 72.9 Å². The summed E-state index contributed by atoms with van der Waals surface area (Å²) in [6, 6.07) is 18.3. The van der Waals surface area contributed by atoms with Gasteiger partial charge in [0.1, 0.15) is 0 Å². The minimum Gasteiger partial charge on any atom is -0.459 e. The van der Waals surface area contributed by atoms with Crippen molar-refractivity contribution in [1.29, 1.82) is 0 Å². The maximum atomic E-state index is 12.4. The Hall–Kier alpha value is -3.17. The van der Waals surface area contributed by atoms with Crippen molar-refractivity contribution >= 4 is 56.4 Å². The number of rotatable bonds is 4. The molecule has 1 aromatic heterocycles. The van der Waals surface area contributed by atoms with Gasteiger partial charge in [0.15, 0.2) is 10.9 Å². The second kappa shape index (κ2) is 9.97. The molecular formula is C23H21BrN4O3S. The zero-order valence-electron chi connectivity index (χ0n) is 17.1. The van der Waals surface area contributed by atoms with Crippen molar-refractivity contribution in [3.8, 4) is 0 Å². The van der Waals surface area contributed by atoms with Gasteiger partial charge in [-0.3, -0.25) is 14.9 Å². The minimum absolute atomic E-state index is 0.0760. The van der Waals surface area contributed by atoms with Crippen LogP contribution in [0.3, 0.4) is 0 Å². The van der Waals surface area contributed by atoms with Crippen LogP contribution >= 0.6 is 28.1 Å². The van der Waals surface area contributed by atoms with E-state index in [2.05, 4.69) is 31.5 Å². The molecule has 2 aromatic carbocycles. The normalized spacial score (nSPS) is 13.5. The fourth-order valence-corrected chi connectivity index (χ4v) is 3.89. The molecule has 0 saturated carbocycles. The molecule has 4 rings (SSSR count). The number of carbonyl (C=O) groups excluding carboxylic acids is 2. The molecule has 0 atom stereocenters. The van der Waals surface area contributed by atoms with Gasteiger partial charge in [0.25, 0.3) is 11.8 Å². The van der Waals surface area contributed by atoms with Gasteiger partial charge in [-0.1, -0.05) is 15.9 Å². The van der Waals surface area contributed by atoms with Crippen molar-refractivity contribution in [2.45, 2.75) is 0 Å². The van der Waals surface area contributed by atoms with Crippen molar-refractivity contribution in [2.75, 3.05) is 36.4 Å². The fraction of sp³-hybridized carbons (Fsp3) is 0.174. The average molecular weight is 513 g/mol. The van der Waals surface area contributed by atoms with Crippen LogP contribution in [-0.4, -0.2) is 48.0 Å². The molecule has 1 saturated heterocycles. The third kappa shape index (κ3) is 5.35. The Kier molecular flexibility index (Phi) is 6.87. The van der Waals surface area contributed by atoms with Crippen molar-refractivity contribution in [1.82, 2.24) is 10.2 Å². The lowest BCUT2D eigenvalue weighted by Crippen LogP contribution is -2.48. The lowest BCUT2D eigenvalue weighted by Gasteiger charge is -2.35. The van der Waals surface area contributed by atoms with E-state index in [0.29, 0.717) is 24.4 Å². The van der Waals surface area contributed by atoms with Crippen molar-refractivity contribution in [2.24, 2.45) is 0 Å². The molecule has 1 fully saturated rings. The minimum atomic E-state index is -0.270. The summed E-state index contributed by atoms with van der Waals surface area (Å²) in [5.41, 5.74) is 2.37. The second-order valence-corrected chi connectivity index (χ2v) is 8.54. The van der Waals surface area contributed by atoms with E-state index in [1.54, 1.807) is 41.3 Å². The summed E-state index contributed by atoms with van der Waals surface area (Å²) < 4.78 is 6.11. The van der Waals surface area contributed by atoms with E-state index in [1.807, 2.05) is 24.3 Å². The number of nitrogens with one attached hydrogen (secondary N) is 2. The molecule has 2 N–H and O–H groups in total. The van der Waals surface area contributed by atoms with Crippen LogP contribution in [0.25, 0.3) is 0 Å². The molecule has 0 bridgehead atoms. The summed E-state index contributed by atoms with van der Waals surface area (Å²) in [6.45, 7) is 2.74. The fourth-order valence-electron chi connectivity index (χ4n) is 3.42. The van der Waals surface area contributed by atoms with Gasteiger partial charge in [0.05, 0.1) is 6.26 Å². The lowest BCUT2D eigenvalue weighted by molar-refractivity contribution is 0.0714. The summed E-state index contributed by atoms with van der Waals surface area (Å²) in [4.78, 5) is 28.7. The molecule has 0 unspecified atom stereocenters. The van der Waals surface area contributed by atoms with Crippen LogP contribution in [0.5, 0.6) is 0 Å². The number of hydrogen-bond donors (Lipinski definition) is 2. The van der Waals surface area contributed by atoms with E-state index in [4.69, 9.17) is 16.6 Å². The largest absolute Gasteiger partial charge is 0.459 e. The highest BCUT2D eigenvalue weighted by Crippen LogP contribution is 2.20. The first-order valence-electron chi connectivity index (χ1n) is 10.1. The maximum absolute atomic E-state index is 12.4. The Morgan fingerprint density at radius 2 is 1.62 bits per heavy atom. The molecule has 9 heteroatoms. The Balaban J connectivity index is 1.28. The monoisotopic (exact) mass is 512 g/mol. The van der Waals surface area contributed by atoms with Crippen molar-refractivity contribution < 1.29 is 14.0 Å². The molecule has 3 aromatic rings. The molecule has 1 aliphatic rings. The number of amides is 2. The SMILES string of the molecule is O=C(NC(=S)Nc1ccc(N2CCN(C(=O)c3ccco3)CC2)cc1)c1ccc(Br)cc1. The number of thiocarbonyl (C=S) groups is 1. The van der Waals surface area contributed by atoms with Crippen LogP contribution in [0.1, 0.15) is 20.9 Å². The van der Waals surface area contributed by atoms with Crippen LogP contribution in [0.4, 0.5) is 11.4 Å². The van der Waals surface area contributed by atoms with Crippen LogP contribution in [-0.2, 0) is 0 Å². The zero-order chi connectivity index (χ0) is 22.5. The van der Waals surface area contributed by atoms with Gasteiger partial charge in [-0.25, -0.2) is 0 Å². The third-order valence-corrected chi connectivity index (χ3v) is 5.86. The molecular weight excluding hydrogens is 492 g/mol. The number of nitrogens with zero attached hydrogens (tertiary/aromatic N) is 2.